The highest BCUT2D eigenvalue weighted by atomic mass is 32.2. The fourth-order valence-corrected chi connectivity index (χ4v) is 4.68. The van der Waals surface area contributed by atoms with E-state index >= 15 is 0 Å². The predicted molar refractivity (Wildman–Crippen MR) is 157 cm³/mol. The Bertz CT molecular complexity index is 1050. The number of carboxylic acid groups (broad SMARTS) is 1. The van der Waals surface area contributed by atoms with E-state index < -0.39 is 17.9 Å². The maximum atomic E-state index is 13.2. The van der Waals surface area contributed by atoms with Crippen LogP contribution in [0, 0.1) is 6.92 Å². The van der Waals surface area contributed by atoms with Crippen LogP contribution in [0.1, 0.15) is 67.4 Å². The molecule has 0 aliphatic heterocycles. The molecule has 2 rings (SSSR count). The van der Waals surface area contributed by atoms with Crippen LogP contribution in [0.15, 0.2) is 42.5 Å². The van der Waals surface area contributed by atoms with Crippen molar-refractivity contribution in [3.63, 3.8) is 0 Å². The second-order valence-electron chi connectivity index (χ2n) is 9.53. The molecule has 0 fully saturated rings. The highest BCUT2D eigenvalue weighted by Crippen LogP contribution is 2.28. The Morgan fingerprint density at radius 2 is 1.68 bits per heavy atom. The third-order valence-corrected chi connectivity index (χ3v) is 7.14. The molecular formula is C30H43N3O4S. The van der Waals surface area contributed by atoms with Gasteiger partial charge in [0, 0.05) is 25.2 Å². The molecule has 38 heavy (non-hydrogen) atoms. The number of amides is 2. The summed E-state index contributed by atoms with van der Waals surface area (Å²) in [6.07, 6.45) is 6.36. The second kappa shape index (κ2) is 16.9. The zero-order valence-electron chi connectivity index (χ0n) is 23.2. The van der Waals surface area contributed by atoms with Crippen molar-refractivity contribution in [3.05, 3.63) is 59.2 Å². The Morgan fingerprint density at radius 1 is 1.00 bits per heavy atom. The van der Waals surface area contributed by atoms with E-state index in [1.54, 1.807) is 17.8 Å². The minimum atomic E-state index is -1.04. The number of aryl methyl sites for hydroxylation is 1. The maximum absolute atomic E-state index is 13.2. The van der Waals surface area contributed by atoms with Crippen molar-refractivity contribution in [2.24, 2.45) is 0 Å². The van der Waals surface area contributed by atoms with Crippen LogP contribution in [0.4, 0.5) is 0 Å². The Kier molecular flexibility index (Phi) is 13.9. The highest BCUT2D eigenvalue weighted by Gasteiger charge is 2.23. The largest absolute Gasteiger partial charge is 0.480 e. The van der Waals surface area contributed by atoms with Gasteiger partial charge in [0.1, 0.15) is 6.04 Å². The zero-order chi connectivity index (χ0) is 27.9. The number of nitrogens with one attached hydrogen (secondary N) is 2. The molecule has 7 nitrogen and oxygen atoms in total. The Hall–Kier alpha value is -2.84. The molecule has 0 heterocycles. The Balaban J connectivity index is 2.22. The number of carbonyl (C=O) groups is 3. The Morgan fingerprint density at radius 3 is 2.29 bits per heavy atom. The molecule has 1 atom stereocenters. The van der Waals surface area contributed by atoms with Crippen LogP contribution in [-0.2, 0) is 16.1 Å². The molecule has 0 radical (unpaired) electrons. The summed E-state index contributed by atoms with van der Waals surface area (Å²) in [6, 6.07) is 12.4. The minimum absolute atomic E-state index is 0.104. The predicted octanol–water partition coefficient (Wildman–Crippen LogP) is 5.12. The number of aliphatic carboxylic acids is 1. The van der Waals surface area contributed by atoms with Crippen molar-refractivity contribution in [2.45, 2.75) is 65.5 Å². The lowest BCUT2D eigenvalue weighted by atomic mass is 9.93. The standard InChI is InChI=1S/C30H43N3O4S/c1-5-7-16-33(17-8-6-2)28(34)21-31-20-23-13-14-25(26(19-23)24-12-10-9-11-22(24)3)29(35)32-27(30(36)37)15-18-38-4/h9-14,19,27,31H,5-8,15-18,20-21H2,1-4H3,(H,32,35)(H,36,37)/t27-/m0/s1. The molecule has 0 saturated heterocycles. The van der Waals surface area contributed by atoms with Gasteiger partial charge < -0.3 is 20.6 Å². The first-order valence-corrected chi connectivity index (χ1v) is 14.9. The lowest BCUT2D eigenvalue weighted by molar-refractivity contribution is -0.139. The first kappa shape index (κ1) is 31.4. The van der Waals surface area contributed by atoms with Crippen LogP contribution in [0.5, 0.6) is 0 Å². The van der Waals surface area contributed by atoms with E-state index in [1.165, 1.54) is 0 Å². The number of unbranched alkanes of at least 4 members (excludes halogenated alkanes) is 2. The van der Waals surface area contributed by atoms with Gasteiger partial charge in [0.05, 0.1) is 6.54 Å². The summed E-state index contributed by atoms with van der Waals surface area (Å²) >= 11 is 1.54. The van der Waals surface area contributed by atoms with Crippen molar-refractivity contribution in [1.29, 1.82) is 0 Å². The molecule has 0 spiro atoms. The van der Waals surface area contributed by atoms with Crippen LogP contribution >= 0.6 is 11.8 Å². The normalized spacial score (nSPS) is 11.7. The molecule has 0 aliphatic rings. The third-order valence-electron chi connectivity index (χ3n) is 6.50. The van der Waals surface area contributed by atoms with Crippen LogP contribution in [0.3, 0.4) is 0 Å². The maximum Gasteiger partial charge on any atom is 0.326 e. The van der Waals surface area contributed by atoms with Crippen LogP contribution < -0.4 is 10.6 Å². The molecule has 2 aromatic carbocycles. The summed E-state index contributed by atoms with van der Waals surface area (Å²) in [5, 5.41) is 15.6. The van der Waals surface area contributed by atoms with E-state index in [0.717, 1.165) is 61.0 Å². The minimum Gasteiger partial charge on any atom is -0.480 e. The topological polar surface area (TPSA) is 98.7 Å². The van der Waals surface area contributed by atoms with E-state index in [4.69, 9.17) is 0 Å². The summed E-state index contributed by atoms with van der Waals surface area (Å²) in [4.78, 5) is 39.7. The third kappa shape index (κ3) is 9.80. The number of carboxylic acids is 1. The van der Waals surface area contributed by atoms with E-state index in [1.807, 2.05) is 54.5 Å². The van der Waals surface area contributed by atoms with E-state index in [0.29, 0.717) is 24.3 Å². The number of carbonyl (C=O) groups excluding carboxylic acids is 2. The molecule has 0 saturated carbocycles. The number of nitrogens with zero attached hydrogens (tertiary/aromatic N) is 1. The summed E-state index contributed by atoms with van der Waals surface area (Å²) in [5.41, 5.74) is 4.05. The quantitative estimate of drug-likeness (QED) is 0.257. The fraction of sp³-hybridized carbons (Fsp3) is 0.500. The molecule has 0 bridgehead atoms. The van der Waals surface area contributed by atoms with E-state index in [9.17, 15) is 19.5 Å². The van der Waals surface area contributed by atoms with Gasteiger partial charge in [0.25, 0.3) is 5.91 Å². The van der Waals surface area contributed by atoms with Gasteiger partial charge in [0.2, 0.25) is 5.91 Å². The lowest BCUT2D eigenvalue weighted by Gasteiger charge is -2.23. The molecule has 3 N–H and O–H groups in total. The monoisotopic (exact) mass is 541 g/mol. The first-order chi connectivity index (χ1) is 18.3. The first-order valence-electron chi connectivity index (χ1n) is 13.5. The van der Waals surface area contributed by atoms with Crippen molar-refractivity contribution < 1.29 is 19.5 Å². The van der Waals surface area contributed by atoms with Crippen LogP contribution in [0.2, 0.25) is 0 Å². The number of hydrogen-bond donors (Lipinski definition) is 3. The highest BCUT2D eigenvalue weighted by molar-refractivity contribution is 7.98. The van der Waals surface area contributed by atoms with Gasteiger partial charge in [-0.3, -0.25) is 9.59 Å². The second-order valence-corrected chi connectivity index (χ2v) is 10.5. The molecule has 2 aromatic rings. The van der Waals surface area contributed by atoms with Gasteiger partial charge in [-0.25, -0.2) is 4.79 Å². The molecule has 0 unspecified atom stereocenters. The van der Waals surface area contributed by atoms with Gasteiger partial charge in [-0.05, 0) is 72.6 Å². The summed E-state index contributed by atoms with van der Waals surface area (Å²) in [6.45, 7) is 8.55. The Labute approximate surface area is 231 Å². The molecule has 208 valence electrons. The number of rotatable bonds is 17. The smallest absolute Gasteiger partial charge is 0.326 e. The van der Waals surface area contributed by atoms with Gasteiger partial charge in [0.15, 0.2) is 0 Å². The molecular weight excluding hydrogens is 498 g/mol. The van der Waals surface area contributed by atoms with Gasteiger partial charge in [-0.15, -0.1) is 0 Å². The van der Waals surface area contributed by atoms with Crippen molar-refractivity contribution in [2.75, 3.05) is 31.6 Å². The number of benzene rings is 2. The summed E-state index contributed by atoms with van der Waals surface area (Å²) in [5.74, 6) is -0.706. The molecule has 8 heteroatoms. The molecule has 0 aromatic heterocycles. The lowest BCUT2D eigenvalue weighted by Crippen LogP contribution is -2.41. The van der Waals surface area contributed by atoms with Gasteiger partial charge >= 0.3 is 5.97 Å². The van der Waals surface area contributed by atoms with Crippen LogP contribution in [-0.4, -0.2) is 65.5 Å². The molecule has 0 aliphatic carbocycles. The summed E-state index contributed by atoms with van der Waals surface area (Å²) in [7, 11) is 0. The van der Waals surface area contributed by atoms with Gasteiger partial charge in [-0.2, -0.15) is 11.8 Å². The fourth-order valence-electron chi connectivity index (χ4n) is 4.21. The van der Waals surface area contributed by atoms with E-state index in [2.05, 4.69) is 24.5 Å². The summed E-state index contributed by atoms with van der Waals surface area (Å²) < 4.78 is 0. The number of hydrogen-bond acceptors (Lipinski definition) is 5. The average Bonchev–Trinajstić information content (AvgIpc) is 2.91. The van der Waals surface area contributed by atoms with Crippen molar-refractivity contribution >= 4 is 29.5 Å². The average molecular weight is 542 g/mol. The van der Waals surface area contributed by atoms with Crippen molar-refractivity contribution in [1.82, 2.24) is 15.5 Å². The SMILES string of the molecule is CCCCN(CCCC)C(=O)CNCc1ccc(C(=O)N[C@@H](CCSC)C(=O)O)c(-c2ccccc2C)c1. The molecule has 2 amide bonds. The number of thioether (sulfide) groups is 1. The van der Waals surface area contributed by atoms with Gasteiger partial charge in [-0.1, -0.05) is 57.0 Å². The van der Waals surface area contributed by atoms with Crippen molar-refractivity contribution in [3.8, 4) is 11.1 Å². The van der Waals surface area contributed by atoms with Crippen LogP contribution in [0.25, 0.3) is 11.1 Å². The zero-order valence-corrected chi connectivity index (χ0v) is 24.0. The van der Waals surface area contributed by atoms with E-state index in [-0.39, 0.29) is 12.5 Å².